The standard InChI is InChI=1S/C24H16FN3O3S3/c25-16-10-8-15(9-11-16)20(29)18-19(17-7-4-12-32-17)28(22(31)21(18)30)23-26-27-24(34-23)33-13-14-5-2-1-3-6-14/h1-12,19,29H,13H2. The number of nitrogens with zero attached hydrogens (tertiary/aromatic N) is 3. The Kier molecular flexibility index (Phi) is 6.27. The molecule has 4 aromatic rings. The van der Waals surface area contributed by atoms with Crippen LogP contribution < -0.4 is 4.90 Å². The lowest BCUT2D eigenvalue weighted by Gasteiger charge is -2.20. The molecule has 6 nitrogen and oxygen atoms in total. The van der Waals surface area contributed by atoms with Crippen molar-refractivity contribution in [3.05, 3.63) is 99.5 Å². The van der Waals surface area contributed by atoms with E-state index in [-0.39, 0.29) is 22.0 Å². The highest BCUT2D eigenvalue weighted by molar-refractivity contribution is 8.00. The maximum absolute atomic E-state index is 13.4. The first-order valence-electron chi connectivity index (χ1n) is 10.1. The lowest BCUT2D eigenvalue weighted by molar-refractivity contribution is -0.132. The molecule has 34 heavy (non-hydrogen) atoms. The Labute approximate surface area is 206 Å². The van der Waals surface area contributed by atoms with E-state index >= 15 is 0 Å². The maximum Gasteiger partial charge on any atom is 0.301 e. The Morgan fingerprint density at radius 2 is 1.79 bits per heavy atom. The fourth-order valence-electron chi connectivity index (χ4n) is 3.59. The summed E-state index contributed by atoms with van der Waals surface area (Å²) >= 11 is 4.05. The van der Waals surface area contributed by atoms with Crippen molar-refractivity contribution in [1.82, 2.24) is 10.2 Å². The average Bonchev–Trinajstić information content (AvgIpc) is 3.59. The van der Waals surface area contributed by atoms with Gasteiger partial charge in [-0.25, -0.2) is 4.39 Å². The summed E-state index contributed by atoms with van der Waals surface area (Å²) in [6.07, 6.45) is 0. The summed E-state index contributed by atoms with van der Waals surface area (Å²) in [5.74, 6) is -1.76. The monoisotopic (exact) mass is 509 g/mol. The fraction of sp³-hybridized carbons (Fsp3) is 0.0833. The van der Waals surface area contributed by atoms with E-state index in [2.05, 4.69) is 10.2 Å². The number of thioether (sulfide) groups is 1. The van der Waals surface area contributed by atoms with Crippen LogP contribution in [0.1, 0.15) is 22.0 Å². The minimum atomic E-state index is -0.857. The van der Waals surface area contributed by atoms with Gasteiger partial charge in [0.2, 0.25) is 5.13 Å². The average molecular weight is 510 g/mol. The molecule has 1 aliphatic heterocycles. The van der Waals surface area contributed by atoms with E-state index in [0.717, 1.165) is 5.56 Å². The molecule has 1 N–H and O–H groups in total. The lowest BCUT2D eigenvalue weighted by Crippen LogP contribution is -2.29. The topological polar surface area (TPSA) is 83.4 Å². The molecule has 0 radical (unpaired) electrons. The number of halogens is 1. The number of aliphatic hydroxyl groups excluding tert-OH is 1. The molecule has 1 atom stereocenters. The molecule has 3 heterocycles. The molecule has 1 aliphatic rings. The lowest BCUT2D eigenvalue weighted by atomic mass is 10.00. The minimum absolute atomic E-state index is 0.0623. The Bertz CT molecular complexity index is 1370. The van der Waals surface area contributed by atoms with Gasteiger partial charge < -0.3 is 5.11 Å². The van der Waals surface area contributed by atoms with Gasteiger partial charge in [0.25, 0.3) is 5.78 Å². The number of anilines is 1. The number of thiophene rings is 1. The third-order valence-corrected chi connectivity index (χ3v) is 8.23. The molecule has 1 saturated heterocycles. The largest absolute Gasteiger partial charge is 0.507 e. The highest BCUT2D eigenvalue weighted by Gasteiger charge is 2.48. The Balaban J connectivity index is 1.51. The van der Waals surface area contributed by atoms with Crippen LogP contribution >= 0.6 is 34.4 Å². The van der Waals surface area contributed by atoms with Gasteiger partial charge in [0.05, 0.1) is 5.57 Å². The van der Waals surface area contributed by atoms with Gasteiger partial charge in [-0.3, -0.25) is 14.5 Å². The SMILES string of the molecule is O=C1C(=O)N(c2nnc(SCc3ccccc3)s2)C(c2cccs2)C1=C(O)c1ccc(F)cc1. The summed E-state index contributed by atoms with van der Waals surface area (Å²) < 4.78 is 14.0. The van der Waals surface area contributed by atoms with Crippen molar-refractivity contribution >= 4 is 57.0 Å². The number of hydrogen-bond donors (Lipinski definition) is 1. The van der Waals surface area contributed by atoms with E-state index in [0.29, 0.717) is 15.0 Å². The summed E-state index contributed by atoms with van der Waals surface area (Å²) in [7, 11) is 0. The van der Waals surface area contributed by atoms with Crippen LogP contribution in [-0.2, 0) is 15.3 Å². The van der Waals surface area contributed by atoms with Crippen LogP contribution in [-0.4, -0.2) is 27.0 Å². The maximum atomic E-state index is 13.4. The van der Waals surface area contributed by atoms with Gasteiger partial charge in [-0.15, -0.1) is 21.5 Å². The number of aromatic nitrogens is 2. The number of benzene rings is 2. The summed E-state index contributed by atoms with van der Waals surface area (Å²) in [6, 6.07) is 17.7. The predicted molar refractivity (Wildman–Crippen MR) is 131 cm³/mol. The molecule has 1 unspecified atom stereocenters. The zero-order valence-corrected chi connectivity index (χ0v) is 19.9. The van der Waals surface area contributed by atoms with Crippen molar-refractivity contribution in [2.24, 2.45) is 0 Å². The van der Waals surface area contributed by atoms with Gasteiger partial charge in [0, 0.05) is 16.2 Å². The van der Waals surface area contributed by atoms with E-state index in [9.17, 15) is 19.1 Å². The van der Waals surface area contributed by atoms with Crippen molar-refractivity contribution in [1.29, 1.82) is 0 Å². The van der Waals surface area contributed by atoms with Crippen molar-refractivity contribution in [2.75, 3.05) is 4.90 Å². The first-order chi connectivity index (χ1) is 16.5. The fourth-order valence-corrected chi connectivity index (χ4v) is 6.23. The molecule has 0 aliphatic carbocycles. The molecule has 0 saturated carbocycles. The van der Waals surface area contributed by atoms with Gasteiger partial charge in [-0.05, 0) is 41.3 Å². The van der Waals surface area contributed by atoms with Crippen LogP contribution in [0.2, 0.25) is 0 Å². The van der Waals surface area contributed by atoms with Crippen LogP contribution in [0, 0.1) is 5.82 Å². The Hall–Kier alpha value is -3.34. The third kappa shape index (κ3) is 4.27. The molecule has 10 heteroatoms. The number of carbonyl (C=O) groups is 2. The van der Waals surface area contributed by atoms with Gasteiger partial charge in [0.15, 0.2) is 4.34 Å². The van der Waals surface area contributed by atoms with E-state index in [4.69, 9.17) is 0 Å². The minimum Gasteiger partial charge on any atom is -0.507 e. The van der Waals surface area contributed by atoms with Crippen molar-refractivity contribution in [3.63, 3.8) is 0 Å². The van der Waals surface area contributed by atoms with Crippen LogP contribution in [0.3, 0.4) is 0 Å². The van der Waals surface area contributed by atoms with Gasteiger partial charge in [-0.2, -0.15) is 0 Å². The number of aliphatic hydroxyl groups is 1. The van der Waals surface area contributed by atoms with E-state index in [1.165, 1.54) is 63.6 Å². The zero-order valence-electron chi connectivity index (χ0n) is 17.4. The molecule has 5 rings (SSSR count). The van der Waals surface area contributed by atoms with Crippen molar-refractivity contribution in [2.45, 2.75) is 16.1 Å². The number of Topliss-reactive ketones (excluding diaryl/α,β-unsaturated/α-hetero) is 1. The number of hydrogen-bond acceptors (Lipinski definition) is 8. The molecule has 0 spiro atoms. The van der Waals surface area contributed by atoms with Crippen molar-refractivity contribution < 1.29 is 19.1 Å². The number of rotatable bonds is 6. The zero-order chi connectivity index (χ0) is 23.7. The number of amides is 1. The molecule has 2 aromatic heterocycles. The second-order valence-corrected chi connectivity index (χ2v) is 10.5. The summed E-state index contributed by atoms with van der Waals surface area (Å²) in [6.45, 7) is 0. The van der Waals surface area contributed by atoms with E-state index in [1.807, 2.05) is 35.7 Å². The van der Waals surface area contributed by atoms with Crippen LogP contribution in [0.5, 0.6) is 0 Å². The molecule has 1 amide bonds. The molecule has 0 bridgehead atoms. The van der Waals surface area contributed by atoms with E-state index < -0.39 is 23.5 Å². The van der Waals surface area contributed by atoms with Gasteiger partial charge in [-0.1, -0.05) is 59.5 Å². The Morgan fingerprint density at radius 1 is 1.03 bits per heavy atom. The van der Waals surface area contributed by atoms with E-state index in [1.54, 1.807) is 12.1 Å². The highest BCUT2D eigenvalue weighted by Crippen LogP contribution is 2.45. The van der Waals surface area contributed by atoms with Crippen LogP contribution in [0.4, 0.5) is 9.52 Å². The van der Waals surface area contributed by atoms with Crippen LogP contribution in [0.25, 0.3) is 5.76 Å². The van der Waals surface area contributed by atoms with Gasteiger partial charge in [0.1, 0.15) is 17.6 Å². The molecule has 2 aromatic carbocycles. The van der Waals surface area contributed by atoms with Gasteiger partial charge >= 0.3 is 5.91 Å². The highest BCUT2D eigenvalue weighted by atomic mass is 32.2. The smallest absolute Gasteiger partial charge is 0.301 e. The van der Waals surface area contributed by atoms with Crippen LogP contribution in [0.15, 0.2) is 82.0 Å². The number of ketones is 1. The molecule has 170 valence electrons. The Morgan fingerprint density at radius 3 is 2.50 bits per heavy atom. The first-order valence-corrected chi connectivity index (χ1v) is 12.8. The summed E-state index contributed by atoms with van der Waals surface area (Å²) in [5.41, 5.74) is 1.31. The first kappa shape index (κ1) is 22.5. The summed E-state index contributed by atoms with van der Waals surface area (Å²) in [5, 5.41) is 21.5. The molecule has 1 fully saturated rings. The third-order valence-electron chi connectivity index (χ3n) is 5.18. The summed E-state index contributed by atoms with van der Waals surface area (Å²) in [4.78, 5) is 28.2. The second kappa shape index (κ2) is 9.49. The predicted octanol–water partition coefficient (Wildman–Crippen LogP) is 5.66. The molecular weight excluding hydrogens is 493 g/mol. The van der Waals surface area contributed by atoms with Crippen molar-refractivity contribution in [3.8, 4) is 0 Å². The molecular formula is C24H16FN3O3S3. The normalized spacial score (nSPS) is 17.4. The number of carbonyl (C=O) groups excluding carboxylic acids is 2. The quantitative estimate of drug-likeness (QED) is 0.119. The second-order valence-electron chi connectivity index (χ2n) is 7.32.